The van der Waals surface area contributed by atoms with Crippen LogP contribution in [0.4, 0.5) is 0 Å². The van der Waals surface area contributed by atoms with E-state index in [1.807, 2.05) is 24.3 Å². The predicted octanol–water partition coefficient (Wildman–Crippen LogP) is 1.85. The lowest BCUT2D eigenvalue weighted by Crippen LogP contribution is -1.90. The molecule has 0 saturated heterocycles. The Hall–Kier alpha value is -1.44. The fraction of sp³-hybridized carbons (Fsp3) is 0.111. The second-order valence-electron chi connectivity index (χ2n) is 2.55. The third-order valence-electron chi connectivity index (χ3n) is 1.67. The maximum absolute atomic E-state index is 9.22. The molecular weight excluding hydrogens is 184 g/mol. The molecule has 0 aliphatic rings. The summed E-state index contributed by atoms with van der Waals surface area (Å²) in [6.07, 6.45) is -1.10. The molecule has 1 N–H and O–H groups in total. The van der Waals surface area contributed by atoms with Crippen LogP contribution >= 0.6 is 11.3 Å². The number of aliphatic hydroxyl groups is 1. The zero-order valence-corrected chi connectivity index (χ0v) is 7.45. The van der Waals surface area contributed by atoms with Crippen LogP contribution in [-0.2, 0) is 0 Å². The number of rotatable bonds is 1. The molecule has 0 aliphatic heterocycles. The number of nitrogens with zero attached hydrogens (tertiary/aromatic N) is 2. The highest BCUT2D eigenvalue weighted by Gasteiger charge is 2.11. The molecule has 3 nitrogen and oxygen atoms in total. The molecule has 1 aromatic carbocycles. The van der Waals surface area contributed by atoms with Crippen molar-refractivity contribution in [1.29, 1.82) is 5.26 Å². The van der Waals surface area contributed by atoms with E-state index in [2.05, 4.69) is 4.98 Å². The van der Waals surface area contributed by atoms with Gasteiger partial charge in [-0.05, 0) is 12.1 Å². The quantitative estimate of drug-likeness (QED) is 0.698. The lowest BCUT2D eigenvalue weighted by molar-refractivity contribution is 0.235. The minimum atomic E-state index is -1.10. The van der Waals surface area contributed by atoms with Crippen molar-refractivity contribution in [2.24, 2.45) is 0 Å². The van der Waals surface area contributed by atoms with E-state index in [0.717, 1.165) is 10.2 Å². The largest absolute Gasteiger partial charge is 0.372 e. The lowest BCUT2D eigenvalue weighted by Gasteiger charge is -1.90. The van der Waals surface area contributed by atoms with Crippen LogP contribution in [0.1, 0.15) is 11.1 Å². The first-order valence-electron chi connectivity index (χ1n) is 3.74. The number of nitriles is 1. The maximum atomic E-state index is 9.22. The van der Waals surface area contributed by atoms with Crippen LogP contribution in [0, 0.1) is 11.3 Å². The summed E-state index contributed by atoms with van der Waals surface area (Å²) in [5.74, 6) is 0. The Morgan fingerprint density at radius 3 is 2.92 bits per heavy atom. The van der Waals surface area contributed by atoms with Crippen molar-refractivity contribution in [3.63, 3.8) is 0 Å². The van der Waals surface area contributed by atoms with Crippen molar-refractivity contribution in [2.45, 2.75) is 6.10 Å². The number of fused-ring (bicyclic) bond motifs is 1. The van der Waals surface area contributed by atoms with E-state index in [1.165, 1.54) is 11.3 Å². The van der Waals surface area contributed by atoms with Crippen molar-refractivity contribution < 1.29 is 5.11 Å². The maximum Gasteiger partial charge on any atom is 0.192 e. The number of benzene rings is 1. The number of aromatic nitrogens is 1. The van der Waals surface area contributed by atoms with Crippen LogP contribution in [0.25, 0.3) is 10.2 Å². The third kappa shape index (κ3) is 1.39. The van der Waals surface area contributed by atoms with Gasteiger partial charge >= 0.3 is 0 Å². The average molecular weight is 190 g/mol. The van der Waals surface area contributed by atoms with E-state index in [9.17, 15) is 5.11 Å². The average Bonchev–Trinajstić information content (AvgIpc) is 2.59. The highest BCUT2D eigenvalue weighted by Crippen LogP contribution is 2.25. The smallest absolute Gasteiger partial charge is 0.192 e. The van der Waals surface area contributed by atoms with Gasteiger partial charge in [-0.1, -0.05) is 12.1 Å². The van der Waals surface area contributed by atoms with Gasteiger partial charge in [-0.25, -0.2) is 4.98 Å². The van der Waals surface area contributed by atoms with Crippen LogP contribution < -0.4 is 0 Å². The summed E-state index contributed by atoms with van der Waals surface area (Å²) in [6, 6.07) is 9.31. The van der Waals surface area contributed by atoms with Gasteiger partial charge in [0, 0.05) is 0 Å². The molecule has 0 saturated carbocycles. The summed E-state index contributed by atoms with van der Waals surface area (Å²) in [7, 11) is 0. The van der Waals surface area contributed by atoms with Gasteiger partial charge in [0.1, 0.15) is 11.1 Å². The van der Waals surface area contributed by atoms with Gasteiger partial charge < -0.3 is 5.11 Å². The summed E-state index contributed by atoms with van der Waals surface area (Å²) in [6.45, 7) is 0. The van der Waals surface area contributed by atoms with Gasteiger partial charge in [-0.2, -0.15) is 5.26 Å². The topological polar surface area (TPSA) is 56.9 Å². The van der Waals surface area contributed by atoms with Crippen molar-refractivity contribution in [3.05, 3.63) is 29.3 Å². The molecule has 1 heterocycles. The summed E-state index contributed by atoms with van der Waals surface area (Å²) < 4.78 is 0.992. The Bertz CT molecular complexity index is 439. The summed E-state index contributed by atoms with van der Waals surface area (Å²) >= 11 is 1.35. The van der Waals surface area contributed by atoms with E-state index < -0.39 is 6.10 Å². The number of hydrogen-bond donors (Lipinski definition) is 1. The summed E-state index contributed by atoms with van der Waals surface area (Å²) in [4.78, 5) is 4.13. The first-order valence-corrected chi connectivity index (χ1v) is 4.56. The molecular formula is C9H6N2OS. The predicted molar refractivity (Wildman–Crippen MR) is 50.2 cm³/mol. The van der Waals surface area contributed by atoms with Crippen LogP contribution in [0.3, 0.4) is 0 Å². The monoisotopic (exact) mass is 190 g/mol. The van der Waals surface area contributed by atoms with Crippen LogP contribution in [-0.4, -0.2) is 10.1 Å². The molecule has 1 unspecified atom stereocenters. The normalized spacial score (nSPS) is 12.6. The molecule has 1 aromatic heterocycles. The SMILES string of the molecule is N#CC(O)c1nc2ccccc2s1. The molecule has 0 radical (unpaired) electrons. The second kappa shape index (κ2) is 3.13. The molecule has 2 rings (SSSR count). The Labute approximate surface area is 78.9 Å². The standard InChI is InChI=1S/C9H6N2OS/c10-5-7(12)9-11-6-3-1-2-4-8(6)13-9/h1-4,7,12H. The first-order chi connectivity index (χ1) is 6.31. The van der Waals surface area contributed by atoms with E-state index in [0.29, 0.717) is 5.01 Å². The molecule has 0 amide bonds. The van der Waals surface area contributed by atoms with E-state index in [-0.39, 0.29) is 0 Å². The van der Waals surface area contributed by atoms with E-state index in [1.54, 1.807) is 6.07 Å². The van der Waals surface area contributed by atoms with Crippen molar-refractivity contribution in [3.8, 4) is 6.07 Å². The Kier molecular flexibility index (Phi) is 1.97. The van der Waals surface area contributed by atoms with Gasteiger partial charge in [0.15, 0.2) is 6.10 Å². The van der Waals surface area contributed by atoms with E-state index in [4.69, 9.17) is 5.26 Å². The molecule has 4 heteroatoms. The molecule has 0 spiro atoms. The minimum absolute atomic E-state index is 0.462. The van der Waals surface area contributed by atoms with Gasteiger partial charge in [-0.3, -0.25) is 0 Å². The molecule has 2 aromatic rings. The van der Waals surface area contributed by atoms with Crippen molar-refractivity contribution in [1.82, 2.24) is 4.98 Å². The second-order valence-corrected chi connectivity index (χ2v) is 3.61. The van der Waals surface area contributed by atoms with Crippen LogP contribution in [0.15, 0.2) is 24.3 Å². The molecule has 1 atom stereocenters. The Balaban J connectivity index is 2.57. The zero-order chi connectivity index (χ0) is 9.26. The number of hydrogen-bond acceptors (Lipinski definition) is 4. The minimum Gasteiger partial charge on any atom is -0.372 e. The molecule has 64 valence electrons. The van der Waals surface area contributed by atoms with Crippen LogP contribution in [0.5, 0.6) is 0 Å². The van der Waals surface area contributed by atoms with Crippen LogP contribution in [0.2, 0.25) is 0 Å². The fourth-order valence-corrected chi connectivity index (χ4v) is 1.96. The fourth-order valence-electron chi connectivity index (χ4n) is 1.06. The Morgan fingerprint density at radius 1 is 1.46 bits per heavy atom. The number of aliphatic hydroxyl groups excluding tert-OH is 1. The van der Waals surface area contributed by atoms with Gasteiger partial charge in [0.05, 0.1) is 10.2 Å². The van der Waals surface area contributed by atoms with Crippen molar-refractivity contribution >= 4 is 21.6 Å². The first kappa shape index (κ1) is 8.17. The molecule has 0 bridgehead atoms. The summed E-state index contributed by atoms with van der Waals surface area (Å²) in [5.41, 5.74) is 0.830. The van der Waals surface area contributed by atoms with Gasteiger partial charge in [0.2, 0.25) is 0 Å². The van der Waals surface area contributed by atoms with Gasteiger partial charge in [0.25, 0.3) is 0 Å². The van der Waals surface area contributed by atoms with Crippen molar-refractivity contribution in [2.75, 3.05) is 0 Å². The lowest BCUT2D eigenvalue weighted by atomic mass is 10.3. The third-order valence-corrected chi connectivity index (χ3v) is 2.76. The van der Waals surface area contributed by atoms with Gasteiger partial charge in [-0.15, -0.1) is 11.3 Å². The molecule has 0 fully saturated rings. The summed E-state index contributed by atoms with van der Waals surface area (Å²) in [5, 5.41) is 18.2. The van der Waals surface area contributed by atoms with E-state index >= 15 is 0 Å². The molecule has 0 aliphatic carbocycles. The Morgan fingerprint density at radius 2 is 2.23 bits per heavy atom. The number of para-hydroxylation sites is 1. The highest BCUT2D eigenvalue weighted by atomic mass is 32.1. The number of thiazole rings is 1. The molecule has 13 heavy (non-hydrogen) atoms. The zero-order valence-electron chi connectivity index (χ0n) is 6.64. The highest BCUT2D eigenvalue weighted by molar-refractivity contribution is 7.18.